The summed E-state index contributed by atoms with van der Waals surface area (Å²) in [4.78, 5) is 0. The van der Waals surface area contributed by atoms with Gasteiger partial charge in [0.1, 0.15) is 6.10 Å². The molecule has 5 heteroatoms. The number of hydrogen-bond donors (Lipinski definition) is 1. The maximum Gasteiger partial charge on any atom is 0.206 e. The van der Waals surface area contributed by atoms with E-state index in [1.54, 1.807) is 0 Å². The predicted octanol–water partition coefficient (Wildman–Crippen LogP) is 1.58. The van der Waals surface area contributed by atoms with Crippen molar-refractivity contribution in [3.8, 4) is 17.2 Å². The third-order valence-corrected chi connectivity index (χ3v) is 2.75. The molecule has 0 aliphatic carbocycles. The lowest BCUT2D eigenvalue weighted by molar-refractivity contribution is 0.200. The van der Waals surface area contributed by atoms with Gasteiger partial charge in [0.25, 0.3) is 0 Å². The SMILES string of the molecule is COc1ccc(F)c(OC)c1OC1CCNC1. The monoisotopic (exact) mass is 241 g/mol. The molecule has 1 fully saturated rings. The largest absolute Gasteiger partial charge is 0.493 e. The van der Waals surface area contributed by atoms with Gasteiger partial charge in [-0.3, -0.25) is 0 Å². The molecule has 1 unspecified atom stereocenters. The minimum Gasteiger partial charge on any atom is -0.493 e. The molecule has 1 heterocycles. The van der Waals surface area contributed by atoms with E-state index in [2.05, 4.69) is 5.32 Å². The summed E-state index contributed by atoms with van der Waals surface area (Å²) in [7, 11) is 2.93. The van der Waals surface area contributed by atoms with Gasteiger partial charge in [-0.2, -0.15) is 0 Å². The van der Waals surface area contributed by atoms with Gasteiger partial charge in [0.15, 0.2) is 11.6 Å². The van der Waals surface area contributed by atoms with E-state index in [0.29, 0.717) is 11.5 Å². The third kappa shape index (κ3) is 2.44. The Morgan fingerprint density at radius 1 is 1.24 bits per heavy atom. The van der Waals surface area contributed by atoms with Crippen molar-refractivity contribution in [1.29, 1.82) is 0 Å². The standard InChI is InChI=1S/C12H16FNO3/c1-15-10-4-3-9(13)11(16-2)12(10)17-8-5-6-14-7-8/h3-4,8,14H,5-7H2,1-2H3. The molecular formula is C12H16FNO3. The summed E-state index contributed by atoms with van der Waals surface area (Å²) in [6, 6.07) is 2.84. The zero-order chi connectivity index (χ0) is 12.3. The number of benzene rings is 1. The summed E-state index contributed by atoms with van der Waals surface area (Å²) >= 11 is 0. The van der Waals surface area contributed by atoms with Crippen molar-refractivity contribution < 1.29 is 18.6 Å². The minimum absolute atomic E-state index is 0.0274. The molecule has 1 aromatic rings. The average Bonchev–Trinajstić information content (AvgIpc) is 2.83. The van der Waals surface area contributed by atoms with E-state index >= 15 is 0 Å². The Kier molecular flexibility index (Phi) is 3.68. The predicted molar refractivity (Wildman–Crippen MR) is 61.4 cm³/mol. The van der Waals surface area contributed by atoms with Crippen LogP contribution in [0.3, 0.4) is 0 Å². The van der Waals surface area contributed by atoms with E-state index < -0.39 is 5.82 Å². The summed E-state index contributed by atoms with van der Waals surface area (Å²) in [5.74, 6) is 0.462. The van der Waals surface area contributed by atoms with E-state index in [4.69, 9.17) is 14.2 Å². The van der Waals surface area contributed by atoms with Crippen LogP contribution in [-0.2, 0) is 0 Å². The highest BCUT2D eigenvalue weighted by Crippen LogP contribution is 2.40. The molecule has 1 atom stereocenters. The number of nitrogens with one attached hydrogen (secondary N) is 1. The molecule has 94 valence electrons. The number of halogens is 1. The van der Waals surface area contributed by atoms with Crippen molar-refractivity contribution in [2.75, 3.05) is 27.3 Å². The summed E-state index contributed by atoms with van der Waals surface area (Å²) in [5, 5.41) is 3.18. The van der Waals surface area contributed by atoms with Gasteiger partial charge >= 0.3 is 0 Å². The Balaban J connectivity index is 2.30. The second-order valence-electron chi connectivity index (χ2n) is 3.84. The van der Waals surface area contributed by atoms with Crippen LogP contribution in [-0.4, -0.2) is 33.4 Å². The van der Waals surface area contributed by atoms with Crippen LogP contribution in [0.5, 0.6) is 17.2 Å². The zero-order valence-corrected chi connectivity index (χ0v) is 9.96. The first-order chi connectivity index (χ1) is 8.26. The van der Waals surface area contributed by atoms with Gasteiger partial charge < -0.3 is 19.5 Å². The lowest BCUT2D eigenvalue weighted by atomic mass is 10.2. The number of methoxy groups -OCH3 is 2. The van der Waals surface area contributed by atoms with Gasteiger partial charge in [-0.25, -0.2) is 4.39 Å². The van der Waals surface area contributed by atoms with Gasteiger partial charge in [0, 0.05) is 6.54 Å². The van der Waals surface area contributed by atoms with E-state index in [1.165, 1.54) is 26.4 Å². The van der Waals surface area contributed by atoms with Gasteiger partial charge in [-0.15, -0.1) is 0 Å². The fourth-order valence-corrected chi connectivity index (χ4v) is 1.88. The second-order valence-corrected chi connectivity index (χ2v) is 3.84. The molecule has 0 saturated carbocycles. The maximum atomic E-state index is 13.6. The van der Waals surface area contributed by atoms with Crippen molar-refractivity contribution in [3.05, 3.63) is 17.9 Å². The van der Waals surface area contributed by atoms with Crippen molar-refractivity contribution in [1.82, 2.24) is 5.32 Å². The molecule has 2 rings (SSSR count). The molecule has 1 aliphatic heterocycles. The normalized spacial score (nSPS) is 19.1. The Hall–Kier alpha value is -1.49. The summed E-state index contributed by atoms with van der Waals surface area (Å²) in [5.41, 5.74) is 0. The molecule has 4 nitrogen and oxygen atoms in total. The van der Waals surface area contributed by atoms with Crippen LogP contribution in [0.25, 0.3) is 0 Å². The molecule has 17 heavy (non-hydrogen) atoms. The molecule has 1 aliphatic rings. The maximum absolute atomic E-state index is 13.6. The lowest BCUT2D eigenvalue weighted by Gasteiger charge is -2.18. The molecule has 0 aromatic heterocycles. The third-order valence-electron chi connectivity index (χ3n) is 2.75. The fourth-order valence-electron chi connectivity index (χ4n) is 1.88. The molecule has 0 amide bonds. The topological polar surface area (TPSA) is 39.7 Å². The Bertz CT molecular complexity index is 392. The molecule has 1 aromatic carbocycles. The molecule has 0 radical (unpaired) electrons. The number of hydrogen-bond acceptors (Lipinski definition) is 4. The Morgan fingerprint density at radius 2 is 2.06 bits per heavy atom. The second kappa shape index (κ2) is 5.23. The van der Waals surface area contributed by atoms with E-state index in [9.17, 15) is 4.39 Å². The van der Waals surface area contributed by atoms with Crippen LogP contribution < -0.4 is 19.5 Å². The first-order valence-corrected chi connectivity index (χ1v) is 5.54. The summed E-state index contributed by atoms with van der Waals surface area (Å²) in [6.45, 7) is 1.66. The van der Waals surface area contributed by atoms with Crippen LogP contribution in [0.15, 0.2) is 12.1 Å². The van der Waals surface area contributed by atoms with Gasteiger partial charge in [0.2, 0.25) is 11.5 Å². The van der Waals surface area contributed by atoms with E-state index in [1.807, 2.05) is 0 Å². The van der Waals surface area contributed by atoms with Crippen molar-refractivity contribution >= 4 is 0 Å². The minimum atomic E-state index is -0.450. The van der Waals surface area contributed by atoms with E-state index in [0.717, 1.165) is 19.5 Å². The fraction of sp³-hybridized carbons (Fsp3) is 0.500. The highest BCUT2D eigenvalue weighted by molar-refractivity contribution is 5.52. The highest BCUT2D eigenvalue weighted by atomic mass is 19.1. The number of rotatable bonds is 4. The van der Waals surface area contributed by atoms with Crippen LogP contribution in [0, 0.1) is 5.82 Å². The first kappa shape index (κ1) is 12.0. The van der Waals surface area contributed by atoms with Crippen LogP contribution in [0.2, 0.25) is 0 Å². The summed E-state index contributed by atoms with van der Waals surface area (Å²) < 4.78 is 29.5. The summed E-state index contributed by atoms with van der Waals surface area (Å²) in [6.07, 6.45) is 0.919. The number of ether oxygens (including phenoxy) is 3. The van der Waals surface area contributed by atoms with Gasteiger partial charge in [-0.05, 0) is 25.1 Å². The zero-order valence-electron chi connectivity index (χ0n) is 9.96. The van der Waals surface area contributed by atoms with Crippen LogP contribution in [0.4, 0.5) is 4.39 Å². The Morgan fingerprint density at radius 3 is 2.65 bits per heavy atom. The highest BCUT2D eigenvalue weighted by Gasteiger charge is 2.22. The molecule has 0 bridgehead atoms. The van der Waals surface area contributed by atoms with Crippen molar-refractivity contribution in [2.45, 2.75) is 12.5 Å². The quantitative estimate of drug-likeness (QED) is 0.868. The Labute approximate surface area is 99.7 Å². The van der Waals surface area contributed by atoms with Crippen molar-refractivity contribution in [2.24, 2.45) is 0 Å². The first-order valence-electron chi connectivity index (χ1n) is 5.54. The molecule has 1 saturated heterocycles. The van der Waals surface area contributed by atoms with Crippen molar-refractivity contribution in [3.63, 3.8) is 0 Å². The van der Waals surface area contributed by atoms with Gasteiger partial charge in [-0.1, -0.05) is 0 Å². The molecule has 0 spiro atoms. The molecule has 1 N–H and O–H groups in total. The van der Waals surface area contributed by atoms with Crippen LogP contribution >= 0.6 is 0 Å². The van der Waals surface area contributed by atoms with Gasteiger partial charge in [0.05, 0.1) is 14.2 Å². The lowest BCUT2D eigenvalue weighted by Crippen LogP contribution is -2.20. The molecular weight excluding hydrogens is 225 g/mol. The average molecular weight is 241 g/mol. The van der Waals surface area contributed by atoms with E-state index in [-0.39, 0.29) is 11.9 Å². The van der Waals surface area contributed by atoms with Crippen LogP contribution in [0.1, 0.15) is 6.42 Å². The smallest absolute Gasteiger partial charge is 0.206 e.